The predicted molar refractivity (Wildman–Crippen MR) is 124 cm³/mol. The van der Waals surface area contributed by atoms with Gasteiger partial charge in [-0.2, -0.15) is 4.98 Å². The van der Waals surface area contributed by atoms with Crippen LogP contribution in [-0.2, 0) is 9.53 Å². The second-order valence-electron chi connectivity index (χ2n) is 8.64. The number of hydrogen-bond donors (Lipinski definition) is 1. The van der Waals surface area contributed by atoms with Gasteiger partial charge in [-0.25, -0.2) is 4.98 Å². The Hall–Kier alpha value is -2.87. The van der Waals surface area contributed by atoms with Crippen LogP contribution in [0.5, 0.6) is 5.75 Å². The molecule has 2 saturated heterocycles. The quantitative estimate of drug-likeness (QED) is 0.710. The van der Waals surface area contributed by atoms with E-state index in [2.05, 4.69) is 27.1 Å². The van der Waals surface area contributed by atoms with Crippen molar-refractivity contribution in [3.63, 3.8) is 0 Å². The SMILES string of the molecule is CC(=O)N[C@@H](C)c1ccc(O[C@@H]2CCN(c3ccnc(N(C)C4CCOCC4)n3)C2)cc1. The molecule has 2 aliphatic rings. The van der Waals surface area contributed by atoms with Crippen molar-refractivity contribution in [1.82, 2.24) is 15.3 Å². The molecule has 0 unspecified atom stereocenters. The van der Waals surface area contributed by atoms with Gasteiger partial charge in [0.25, 0.3) is 0 Å². The summed E-state index contributed by atoms with van der Waals surface area (Å²) in [4.78, 5) is 25.0. The lowest BCUT2D eigenvalue weighted by Crippen LogP contribution is -2.38. The van der Waals surface area contributed by atoms with Crippen LogP contribution >= 0.6 is 0 Å². The van der Waals surface area contributed by atoms with Gasteiger partial charge in [-0.05, 0) is 43.5 Å². The Kier molecular flexibility index (Phi) is 7.09. The third kappa shape index (κ3) is 5.48. The topological polar surface area (TPSA) is 79.8 Å². The number of carbonyl (C=O) groups excluding carboxylic acids is 1. The Morgan fingerprint density at radius 2 is 1.97 bits per heavy atom. The van der Waals surface area contributed by atoms with Gasteiger partial charge in [-0.15, -0.1) is 0 Å². The average molecular weight is 440 g/mol. The number of aromatic nitrogens is 2. The minimum Gasteiger partial charge on any atom is -0.489 e. The minimum absolute atomic E-state index is 0.0188. The lowest BCUT2D eigenvalue weighted by atomic mass is 10.1. The first-order valence-corrected chi connectivity index (χ1v) is 11.4. The number of nitrogens with one attached hydrogen (secondary N) is 1. The number of ether oxygens (including phenoxy) is 2. The van der Waals surface area contributed by atoms with Gasteiger partial charge in [0.05, 0.1) is 12.6 Å². The van der Waals surface area contributed by atoms with Gasteiger partial charge in [0.1, 0.15) is 17.7 Å². The molecule has 2 aromatic rings. The monoisotopic (exact) mass is 439 g/mol. The standard InChI is InChI=1S/C24H33N5O3/c1-17(26-18(2)30)19-4-6-21(7-5-19)32-22-9-13-29(16-22)23-8-12-25-24(27-23)28(3)20-10-14-31-15-11-20/h4-8,12,17,20,22H,9-11,13-16H2,1-3H3,(H,26,30)/t17-,22+/m0/s1. The molecule has 4 rings (SSSR count). The van der Waals surface area contributed by atoms with Crippen LogP contribution in [-0.4, -0.2) is 61.4 Å². The molecule has 1 amide bonds. The molecule has 32 heavy (non-hydrogen) atoms. The van der Waals surface area contributed by atoms with Crippen molar-refractivity contribution in [2.75, 3.05) is 43.2 Å². The number of carbonyl (C=O) groups is 1. The zero-order valence-corrected chi connectivity index (χ0v) is 19.2. The van der Waals surface area contributed by atoms with Gasteiger partial charge in [-0.3, -0.25) is 4.79 Å². The van der Waals surface area contributed by atoms with Crippen LogP contribution < -0.4 is 19.9 Å². The largest absolute Gasteiger partial charge is 0.489 e. The predicted octanol–water partition coefficient (Wildman–Crippen LogP) is 2.95. The maximum atomic E-state index is 11.3. The maximum absolute atomic E-state index is 11.3. The van der Waals surface area contributed by atoms with Gasteiger partial charge < -0.3 is 24.6 Å². The minimum atomic E-state index is -0.0318. The van der Waals surface area contributed by atoms with E-state index in [9.17, 15) is 4.79 Å². The summed E-state index contributed by atoms with van der Waals surface area (Å²) in [5.41, 5.74) is 1.06. The molecule has 0 radical (unpaired) electrons. The molecule has 1 aromatic heterocycles. The summed E-state index contributed by atoms with van der Waals surface area (Å²) in [6.07, 6.45) is 4.91. The Morgan fingerprint density at radius 1 is 1.22 bits per heavy atom. The number of amides is 1. The van der Waals surface area contributed by atoms with E-state index in [0.29, 0.717) is 6.04 Å². The van der Waals surface area contributed by atoms with Crippen LogP contribution in [0.25, 0.3) is 0 Å². The van der Waals surface area contributed by atoms with Crippen LogP contribution in [0.4, 0.5) is 11.8 Å². The van der Waals surface area contributed by atoms with E-state index in [0.717, 1.165) is 68.6 Å². The summed E-state index contributed by atoms with van der Waals surface area (Å²) >= 11 is 0. The summed E-state index contributed by atoms with van der Waals surface area (Å²) in [6.45, 7) is 6.80. The molecule has 8 nitrogen and oxygen atoms in total. The average Bonchev–Trinajstić information content (AvgIpc) is 3.28. The molecule has 2 aliphatic heterocycles. The van der Waals surface area contributed by atoms with E-state index in [1.807, 2.05) is 43.5 Å². The van der Waals surface area contributed by atoms with E-state index in [-0.39, 0.29) is 18.1 Å². The van der Waals surface area contributed by atoms with E-state index in [1.165, 1.54) is 6.92 Å². The Morgan fingerprint density at radius 3 is 2.69 bits per heavy atom. The lowest BCUT2D eigenvalue weighted by Gasteiger charge is -2.31. The second-order valence-corrected chi connectivity index (χ2v) is 8.64. The van der Waals surface area contributed by atoms with Crippen molar-refractivity contribution in [1.29, 1.82) is 0 Å². The van der Waals surface area contributed by atoms with Crippen molar-refractivity contribution in [3.8, 4) is 5.75 Å². The molecular weight excluding hydrogens is 406 g/mol. The molecule has 0 saturated carbocycles. The fourth-order valence-corrected chi connectivity index (χ4v) is 4.37. The Balaban J connectivity index is 1.34. The molecule has 2 atom stereocenters. The normalized spacial score (nSPS) is 20.1. The summed E-state index contributed by atoms with van der Waals surface area (Å²) < 4.78 is 11.7. The van der Waals surface area contributed by atoms with Crippen LogP contribution in [0.2, 0.25) is 0 Å². The fraction of sp³-hybridized carbons (Fsp3) is 0.542. The summed E-state index contributed by atoms with van der Waals surface area (Å²) in [7, 11) is 2.07. The molecule has 172 valence electrons. The highest BCUT2D eigenvalue weighted by Crippen LogP contribution is 2.25. The van der Waals surface area contributed by atoms with E-state index < -0.39 is 0 Å². The zero-order chi connectivity index (χ0) is 22.5. The highest BCUT2D eigenvalue weighted by molar-refractivity contribution is 5.73. The van der Waals surface area contributed by atoms with Crippen molar-refractivity contribution < 1.29 is 14.3 Å². The van der Waals surface area contributed by atoms with E-state index in [4.69, 9.17) is 14.5 Å². The zero-order valence-electron chi connectivity index (χ0n) is 19.2. The molecule has 1 aromatic carbocycles. The van der Waals surface area contributed by atoms with Gasteiger partial charge in [0, 0.05) is 52.4 Å². The number of anilines is 2. The number of benzene rings is 1. The Bertz CT molecular complexity index is 901. The first-order valence-electron chi connectivity index (χ1n) is 11.4. The summed E-state index contributed by atoms with van der Waals surface area (Å²) in [6, 6.07) is 10.3. The van der Waals surface area contributed by atoms with Crippen molar-refractivity contribution in [2.24, 2.45) is 0 Å². The van der Waals surface area contributed by atoms with Gasteiger partial charge in [0.2, 0.25) is 11.9 Å². The number of nitrogens with zero attached hydrogens (tertiary/aromatic N) is 4. The molecule has 3 heterocycles. The number of rotatable bonds is 7. The van der Waals surface area contributed by atoms with Gasteiger partial charge in [0.15, 0.2) is 0 Å². The third-order valence-corrected chi connectivity index (χ3v) is 6.25. The second kappa shape index (κ2) is 10.2. The molecular formula is C24H33N5O3. The maximum Gasteiger partial charge on any atom is 0.227 e. The first kappa shape index (κ1) is 22.3. The number of hydrogen-bond acceptors (Lipinski definition) is 7. The molecule has 8 heteroatoms. The molecule has 0 bridgehead atoms. The third-order valence-electron chi connectivity index (χ3n) is 6.25. The van der Waals surface area contributed by atoms with E-state index >= 15 is 0 Å². The van der Waals surface area contributed by atoms with E-state index in [1.54, 1.807) is 0 Å². The fourth-order valence-electron chi connectivity index (χ4n) is 4.37. The highest BCUT2D eigenvalue weighted by Gasteiger charge is 2.26. The lowest BCUT2D eigenvalue weighted by molar-refractivity contribution is -0.119. The van der Waals surface area contributed by atoms with Crippen molar-refractivity contribution in [2.45, 2.75) is 51.3 Å². The molecule has 0 spiro atoms. The van der Waals surface area contributed by atoms with Crippen LogP contribution in [0.1, 0.15) is 44.7 Å². The van der Waals surface area contributed by atoms with Crippen molar-refractivity contribution in [3.05, 3.63) is 42.1 Å². The first-order chi connectivity index (χ1) is 15.5. The van der Waals surface area contributed by atoms with Crippen LogP contribution in [0.15, 0.2) is 36.5 Å². The van der Waals surface area contributed by atoms with Crippen LogP contribution in [0, 0.1) is 0 Å². The molecule has 2 fully saturated rings. The van der Waals surface area contributed by atoms with Crippen molar-refractivity contribution >= 4 is 17.7 Å². The smallest absolute Gasteiger partial charge is 0.227 e. The summed E-state index contributed by atoms with van der Waals surface area (Å²) in [5, 5.41) is 2.90. The van der Waals surface area contributed by atoms with Crippen LogP contribution in [0.3, 0.4) is 0 Å². The van der Waals surface area contributed by atoms with Gasteiger partial charge >= 0.3 is 0 Å². The Labute approximate surface area is 189 Å². The molecule has 0 aliphatic carbocycles. The summed E-state index contributed by atoms with van der Waals surface area (Å²) in [5.74, 6) is 2.52. The highest BCUT2D eigenvalue weighted by atomic mass is 16.5. The molecule has 1 N–H and O–H groups in total. The van der Waals surface area contributed by atoms with Gasteiger partial charge in [-0.1, -0.05) is 12.1 Å².